The van der Waals surface area contributed by atoms with Gasteiger partial charge in [-0.05, 0) is 36.2 Å². The highest BCUT2D eigenvalue weighted by Gasteiger charge is 2.13. The van der Waals surface area contributed by atoms with Gasteiger partial charge >= 0.3 is 6.61 Å². The van der Waals surface area contributed by atoms with Crippen molar-refractivity contribution in [1.29, 1.82) is 0 Å². The minimum absolute atomic E-state index is 0.0827. The first-order chi connectivity index (χ1) is 12.1. The summed E-state index contributed by atoms with van der Waals surface area (Å²) in [6.07, 6.45) is 0.896. The first-order valence-corrected chi connectivity index (χ1v) is 8.54. The molecule has 0 radical (unpaired) electrons. The fourth-order valence-electron chi connectivity index (χ4n) is 2.26. The zero-order valence-corrected chi connectivity index (χ0v) is 14.0. The van der Waals surface area contributed by atoms with Gasteiger partial charge in [0.25, 0.3) is 0 Å². The second kappa shape index (κ2) is 7.98. The number of nitrogens with zero attached hydrogens (tertiary/aromatic N) is 3. The Labute approximate surface area is 147 Å². The fourth-order valence-corrected chi connectivity index (χ4v) is 3.11. The van der Waals surface area contributed by atoms with E-state index in [0.717, 1.165) is 12.2 Å². The number of thioether (sulfide) groups is 1. The number of rotatable bonds is 7. The van der Waals surface area contributed by atoms with Crippen molar-refractivity contribution in [1.82, 2.24) is 14.9 Å². The second-order valence-electron chi connectivity index (χ2n) is 5.16. The van der Waals surface area contributed by atoms with Crippen LogP contribution in [0.1, 0.15) is 5.56 Å². The standard InChI is InChI=1S/C17H16F2N4OS/c18-16(19)24-14-8-6-13(7-9-14)15-21-22-17(23(15)20)25-11-10-12-4-2-1-3-5-12/h1-9,16H,10-11,20H2. The van der Waals surface area contributed by atoms with Crippen LogP contribution in [0.25, 0.3) is 11.4 Å². The maximum absolute atomic E-state index is 12.2. The molecule has 0 saturated heterocycles. The fraction of sp³-hybridized carbons (Fsp3) is 0.176. The lowest BCUT2D eigenvalue weighted by molar-refractivity contribution is -0.0498. The molecule has 0 fully saturated rings. The average Bonchev–Trinajstić information content (AvgIpc) is 2.97. The van der Waals surface area contributed by atoms with Crippen molar-refractivity contribution in [2.24, 2.45) is 0 Å². The van der Waals surface area contributed by atoms with Gasteiger partial charge in [0.2, 0.25) is 5.16 Å². The van der Waals surface area contributed by atoms with Gasteiger partial charge in [-0.1, -0.05) is 42.1 Å². The molecule has 0 unspecified atom stereocenters. The molecule has 8 heteroatoms. The van der Waals surface area contributed by atoms with Crippen LogP contribution < -0.4 is 10.6 Å². The Morgan fingerprint density at radius 3 is 2.44 bits per heavy atom. The van der Waals surface area contributed by atoms with Crippen LogP contribution in [0.15, 0.2) is 59.8 Å². The van der Waals surface area contributed by atoms with Crippen LogP contribution in [-0.4, -0.2) is 27.2 Å². The molecule has 5 nitrogen and oxygen atoms in total. The number of benzene rings is 2. The van der Waals surface area contributed by atoms with Gasteiger partial charge in [-0.25, -0.2) is 4.68 Å². The topological polar surface area (TPSA) is 66.0 Å². The molecule has 2 N–H and O–H groups in total. The predicted molar refractivity (Wildman–Crippen MR) is 93.1 cm³/mol. The van der Waals surface area contributed by atoms with Crippen LogP contribution in [0.5, 0.6) is 5.75 Å². The van der Waals surface area contributed by atoms with E-state index in [4.69, 9.17) is 5.84 Å². The van der Waals surface area contributed by atoms with E-state index in [1.54, 1.807) is 12.1 Å². The number of hydrogen-bond donors (Lipinski definition) is 1. The molecule has 0 saturated carbocycles. The maximum Gasteiger partial charge on any atom is 0.387 e. The van der Waals surface area contributed by atoms with Crippen LogP contribution in [0.4, 0.5) is 8.78 Å². The van der Waals surface area contributed by atoms with Gasteiger partial charge in [0, 0.05) is 11.3 Å². The normalized spacial score (nSPS) is 11.0. The SMILES string of the molecule is Nn1c(SCCc2ccccc2)nnc1-c1ccc(OC(F)F)cc1. The quantitative estimate of drug-likeness (QED) is 0.514. The molecule has 0 aliphatic carbocycles. The van der Waals surface area contributed by atoms with Crippen LogP contribution in [0, 0.1) is 0 Å². The Morgan fingerprint density at radius 1 is 1.04 bits per heavy atom. The predicted octanol–water partition coefficient (Wildman–Crippen LogP) is 3.60. The zero-order chi connectivity index (χ0) is 17.6. The summed E-state index contributed by atoms with van der Waals surface area (Å²) in [6.45, 7) is -2.85. The van der Waals surface area contributed by atoms with E-state index < -0.39 is 6.61 Å². The monoisotopic (exact) mass is 362 g/mol. The number of nitrogens with two attached hydrogens (primary N) is 1. The van der Waals surface area contributed by atoms with Crippen molar-refractivity contribution in [3.05, 3.63) is 60.2 Å². The van der Waals surface area contributed by atoms with Crippen LogP contribution >= 0.6 is 11.8 Å². The molecular formula is C17H16F2N4OS. The minimum Gasteiger partial charge on any atom is -0.435 e. The Morgan fingerprint density at radius 2 is 1.76 bits per heavy atom. The highest BCUT2D eigenvalue weighted by atomic mass is 32.2. The molecule has 0 aliphatic heterocycles. The summed E-state index contributed by atoms with van der Waals surface area (Å²) in [5.74, 6) is 7.42. The summed E-state index contributed by atoms with van der Waals surface area (Å²) in [5.41, 5.74) is 1.92. The zero-order valence-electron chi connectivity index (χ0n) is 13.2. The third-order valence-corrected chi connectivity index (χ3v) is 4.41. The van der Waals surface area contributed by atoms with Crippen molar-refractivity contribution >= 4 is 11.8 Å². The molecule has 0 amide bonds. The highest BCUT2D eigenvalue weighted by Crippen LogP contribution is 2.24. The Hall–Kier alpha value is -2.61. The summed E-state index contributed by atoms with van der Waals surface area (Å²) < 4.78 is 30.1. The van der Waals surface area contributed by atoms with E-state index in [0.29, 0.717) is 16.5 Å². The summed E-state index contributed by atoms with van der Waals surface area (Å²) in [5, 5.41) is 8.77. The Balaban J connectivity index is 1.64. The van der Waals surface area contributed by atoms with E-state index in [1.807, 2.05) is 18.2 Å². The molecule has 0 bridgehead atoms. The van der Waals surface area contributed by atoms with Crippen molar-refractivity contribution < 1.29 is 13.5 Å². The largest absolute Gasteiger partial charge is 0.435 e. The number of nitrogen functional groups attached to an aromatic ring is 1. The van der Waals surface area contributed by atoms with Gasteiger partial charge in [0.15, 0.2) is 5.82 Å². The molecular weight excluding hydrogens is 346 g/mol. The lowest BCUT2D eigenvalue weighted by Gasteiger charge is -2.06. The summed E-state index contributed by atoms with van der Waals surface area (Å²) in [4.78, 5) is 0. The number of aromatic nitrogens is 3. The maximum atomic E-state index is 12.2. The van der Waals surface area contributed by atoms with Crippen molar-refractivity contribution in [3.8, 4) is 17.1 Å². The summed E-state index contributed by atoms with van der Waals surface area (Å²) in [6, 6.07) is 16.3. The van der Waals surface area contributed by atoms with Gasteiger partial charge < -0.3 is 10.6 Å². The Bertz CT molecular complexity index is 809. The van der Waals surface area contributed by atoms with E-state index in [1.165, 1.54) is 34.1 Å². The molecule has 25 heavy (non-hydrogen) atoms. The van der Waals surface area contributed by atoms with Crippen LogP contribution in [-0.2, 0) is 6.42 Å². The number of ether oxygens (including phenoxy) is 1. The van der Waals surface area contributed by atoms with Gasteiger partial charge in [0.05, 0.1) is 0 Å². The molecule has 2 aromatic carbocycles. The Kier molecular flexibility index (Phi) is 5.49. The second-order valence-corrected chi connectivity index (χ2v) is 6.23. The molecule has 0 atom stereocenters. The molecule has 3 rings (SSSR count). The van der Waals surface area contributed by atoms with Crippen LogP contribution in [0.2, 0.25) is 0 Å². The van der Waals surface area contributed by atoms with Crippen LogP contribution in [0.3, 0.4) is 0 Å². The van der Waals surface area contributed by atoms with E-state index >= 15 is 0 Å². The van der Waals surface area contributed by atoms with E-state index in [9.17, 15) is 8.78 Å². The first kappa shape index (κ1) is 17.2. The molecule has 1 aromatic heterocycles. The van der Waals surface area contributed by atoms with Gasteiger partial charge in [-0.3, -0.25) is 0 Å². The number of halogens is 2. The number of alkyl halides is 2. The number of hydrogen-bond acceptors (Lipinski definition) is 5. The van der Waals surface area contributed by atoms with Gasteiger partial charge in [0.1, 0.15) is 5.75 Å². The lowest BCUT2D eigenvalue weighted by Crippen LogP contribution is -2.11. The van der Waals surface area contributed by atoms with E-state index in [2.05, 4.69) is 27.1 Å². The molecule has 3 aromatic rings. The summed E-state index contributed by atoms with van der Waals surface area (Å²) >= 11 is 1.51. The van der Waals surface area contributed by atoms with Crippen molar-refractivity contribution in [3.63, 3.8) is 0 Å². The first-order valence-electron chi connectivity index (χ1n) is 7.56. The van der Waals surface area contributed by atoms with Crippen molar-refractivity contribution in [2.45, 2.75) is 18.2 Å². The highest BCUT2D eigenvalue weighted by molar-refractivity contribution is 7.99. The molecule has 1 heterocycles. The molecule has 0 spiro atoms. The lowest BCUT2D eigenvalue weighted by atomic mass is 10.2. The average molecular weight is 362 g/mol. The molecule has 0 aliphatic rings. The van der Waals surface area contributed by atoms with E-state index in [-0.39, 0.29) is 5.75 Å². The third kappa shape index (κ3) is 4.48. The van der Waals surface area contributed by atoms with Gasteiger partial charge in [-0.2, -0.15) is 8.78 Å². The third-order valence-electron chi connectivity index (χ3n) is 3.47. The molecule has 130 valence electrons. The van der Waals surface area contributed by atoms with Gasteiger partial charge in [-0.15, -0.1) is 10.2 Å². The summed E-state index contributed by atoms with van der Waals surface area (Å²) in [7, 11) is 0. The smallest absolute Gasteiger partial charge is 0.387 e. The minimum atomic E-state index is -2.85. The van der Waals surface area contributed by atoms with Crippen molar-refractivity contribution in [2.75, 3.05) is 11.6 Å². The number of aryl methyl sites for hydroxylation is 1.